The number of morpholine rings is 1. The average molecular weight is 494 g/mol. The smallest absolute Gasteiger partial charge is 0.233 e. The molecule has 0 radical (unpaired) electrons. The van der Waals surface area contributed by atoms with E-state index in [0.29, 0.717) is 18.3 Å². The monoisotopic (exact) mass is 493 g/mol. The summed E-state index contributed by atoms with van der Waals surface area (Å²) in [4.78, 5) is 15.8. The Bertz CT molecular complexity index is 1430. The zero-order valence-electron chi connectivity index (χ0n) is 19.6. The Morgan fingerprint density at radius 3 is 2.60 bits per heavy atom. The summed E-state index contributed by atoms with van der Waals surface area (Å²) in [6, 6.07) is 13.8. The Hall–Kier alpha value is -3.70. The summed E-state index contributed by atoms with van der Waals surface area (Å²) in [5, 5.41) is 4.17. The third kappa shape index (κ3) is 5.05. The molecule has 4 heterocycles. The van der Waals surface area contributed by atoms with Crippen molar-refractivity contribution in [3.63, 3.8) is 0 Å². The number of aromatic nitrogens is 4. The maximum Gasteiger partial charge on any atom is 0.233 e. The van der Waals surface area contributed by atoms with Crippen molar-refractivity contribution in [2.45, 2.75) is 6.54 Å². The molecule has 0 amide bonds. The SMILES string of the molecule is CN(c1ncccc1Cn1ccc2cnc(Nc3ccc(N4CCOCC4)cc3)nc21)S(C)(=O)=O. The van der Waals surface area contributed by atoms with Gasteiger partial charge in [0.05, 0.1) is 26.0 Å². The van der Waals surface area contributed by atoms with Gasteiger partial charge in [-0.1, -0.05) is 6.07 Å². The fraction of sp³-hybridized carbons (Fsp3) is 0.292. The zero-order valence-corrected chi connectivity index (χ0v) is 20.4. The van der Waals surface area contributed by atoms with Crippen molar-refractivity contribution in [1.82, 2.24) is 19.5 Å². The normalized spacial score (nSPS) is 14.3. The van der Waals surface area contributed by atoms with Gasteiger partial charge in [-0.05, 0) is 36.4 Å². The molecule has 11 heteroatoms. The van der Waals surface area contributed by atoms with Gasteiger partial charge >= 0.3 is 0 Å². The van der Waals surface area contributed by atoms with Crippen LogP contribution in [0.3, 0.4) is 0 Å². The fourth-order valence-electron chi connectivity index (χ4n) is 4.04. The molecule has 1 fully saturated rings. The van der Waals surface area contributed by atoms with Crippen LogP contribution in [0.2, 0.25) is 0 Å². The van der Waals surface area contributed by atoms with E-state index in [1.807, 2.05) is 35.0 Å². The number of benzene rings is 1. The molecule has 4 aromatic rings. The van der Waals surface area contributed by atoms with Crippen LogP contribution in [0.1, 0.15) is 5.56 Å². The van der Waals surface area contributed by atoms with Gasteiger partial charge in [0, 0.05) is 61.1 Å². The number of ether oxygens (including phenoxy) is 1. The van der Waals surface area contributed by atoms with Crippen molar-refractivity contribution in [1.29, 1.82) is 0 Å². The fourth-order valence-corrected chi connectivity index (χ4v) is 4.52. The van der Waals surface area contributed by atoms with E-state index in [1.54, 1.807) is 18.5 Å². The Kier molecular flexibility index (Phi) is 6.27. The van der Waals surface area contributed by atoms with Crippen molar-refractivity contribution in [2.24, 2.45) is 0 Å². The molecule has 0 bridgehead atoms. The highest BCUT2D eigenvalue weighted by Crippen LogP contribution is 2.24. The summed E-state index contributed by atoms with van der Waals surface area (Å²) >= 11 is 0. The van der Waals surface area contributed by atoms with Gasteiger partial charge in [0.25, 0.3) is 0 Å². The van der Waals surface area contributed by atoms with Gasteiger partial charge in [0.15, 0.2) is 0 Å². The van der Waals surface area contributed by atoms with Gasteiger partial charge in [0.1, 0.15) is 11.5 Å². The van der Waals surface area contributed by atoms with E-state index in [1.165, 1.54) is 11.4 Å². The van der Waals surface area contributed by atoms with Gasteiger partial charge in [0.2, 0.25) is 16.0 Å². The second-order valence-electron chi connectivity index (χ2n) is 8.40. The highest BCUT2D eigenvalue weighted by Gasteiger charge is 2.18. The minimum Gasteiger partial charge on any atom is -0.378 e. The van der Waals surface area contributed by atoms with Gasteiger partial charge in [-0.2, -0.15) is 4.98 Å². The first kappa shape index (κ1) is 23.1. The van der Waals surface area contributed by atoms with Crippen LogP contribution in [0.25, 0.3) is 11.0 Å². The molecule has 0 atom stereocenters. The van der Waals surface area contributed by atoms with Crippen LogP contribution in [0.4, 0.5) is 23.1 Å². The van der Waals surface area contributed by atoms with Gasteiger partial charge in [-0.15, -0.1) is 0 Å². The third-order valence-electron chi connectivity index (χ3n) is 6.01. The van der Waals surface area contributed by atoms with Crippen molar-refractivity contribution in [2.75, 3.05) is 54.1 Å². The quantitative estimate of drug-likeness (QED) is 0.419. The molecule has 35 heavy (non-hydrogen) atoms. The van der Waals surface area contributed by atoms with Crippen LogP contribution < -0.4 is 14.5 Å². The molecule has 3 aromatic heterocycles. The number of fused-ring (bicyclic) bond motifs is 1. The number of hydrogen-bond donors (Lipinski definition) is 1. The molecule has 1 N–H and O–H groups in total. The number of anilines is 4. The Labute approximate surface area is 204 Å². The maximum absolute atomic E-state index is 12.1. The van der Waals surface area contributed by atoms with Gasteiger partial charge < -0.3 is 19.5 Å². The van der Waals surface area contributed by atoms with Crippen LogP contribution in [0.15, 0.2) is 61.1 Å². The second kappa shape index (κ2) is 9.51. The third-order valence-corrected chi connectivity index (χ3v) is 7.17. The van der Waals surface area contributed by atoms with Crippen LogP contribution in [0.5, 0.6) is 0 Å². The maximum atomic E-state index is 12.1. The molecular formula is C24H27N7O3S. The van der Waals surface area contributed by atoms with Crippen molar-refractivity contribution in [3.05, 3.63) is 66.6 Å². The summed E-state index contributed by atoms with van der Waals surface area (Å²) in [6.45, 7) is 3.69. The van der Waals surface area contributed by atoms with Gasteiger partial charge in [-0.3, -0.25) is 4.31 Å². The van der Waals surface area contributed by atoms with E-state index in [0.717, 1.165) is 60.5 Å². The predicted octanol–water partition coefficient (Wildman–Crippen LogP) is 2.85. The highest BCUT2D eigenvalue weighted by molar-refractivity contribution is 7.92. The summed E-state index contributed by atoms with van der Waals surface area (Å²) in [7, 11) is -1.93. The number of pyridine rings is 1. The molecule has 0 saturated carbocycles. The largest absolute Gasteiger partial charge is 0.378 e. The predicted molar refractivity (Wildman–Crippen MR) is 137 cm³/mol. The van der Waals surface area contributed by atoms with E-state index in [4.69, 9.17) is 9.72 Å². The molecule has 1 saturated heterocycles. The average Bonchev–Trinajstić information content (AvgIpc) is 3.26. The first-order valence-corrected chi connectivity index (χ1v) is 13.1. The second-order valence-corrected chi connectivity index (χ2v) is 10.4. The number of nitrogens with one attached hydrogen (secondary N) is 1. The van der Waals surface area contributed by atoms with Crippen LogP contribution in [-0.4, -0.2) is 67.5 Å². The molecule has 1 aromatic carbocycles. The minimum atomic E-state index is -3.43. The Morgan fingerprint density at radius 2 is 1.86 bits per heavy atom. The molecule has 0 unspecified atom stereocenters. The van der Waals surface area contributed by atoms with E-state index in [9.17, 15) is 8.42 Å². The lowest BCUT2D eigenvalue weighted by molar-refractivity contribution is 0.122. The molecule has 10 nitrogen and oxygen atoms in total. The highest BCUT2D eigenvalue weighted by atomic mass is 32.2. The van der Waals surface area contributed by atoms with E-state index >= 15 is 0 Å². The summed E-state index contributed by atoms with van der Waals surface area (Å²) in [5.74, 6) is 0.876. The van der Waals surface area contributed by atoms with Crippen LogP contribution >= 0.6 is 0 Å². The summed E-state index contributed by atoms with van der Waals surface area (Å²) in [6.07, 6.45) is 6.44. The minimum absolute atomic E-state index is 0.393. The summed E-state index contributed by atoms with van der Waals surface area (Å²) < 4.78 is 32.7. The number of sulfonamides is 1. The van der Waals surface area contributed by atoms with Crippen LogP contribution in [-0.2, 0) is 21.3 Å². The van der Waals surface area contributed by atoms with Crippen molar-refractivity contribution >= 4 is 44.2 Å². The lowest BCUT2D eigenvalue weighted by Gasteiger charge is -2.28. The van der Waals surface area contributed by atoms with E-state index < -0.39 is 10.0 Å². The summed E-state index contributed by atoms with van der Waals surface area (Å²) in [5.41, 5.74) is 3.56. The van der Waals surface area contributed by atoms with E-state index in [-0.39, 0.29) is 0 Å². The Morgan fingerprint density at radius 1 is 1.09 bits per heavy atom. The molecular weight excluding hydrogens is 466 g/mol. The molecule has 0 spiro atoms. The van der Waals surface area contributed by atoms with Crippen LogP contribution in [0, 0.1) is 0 Å². The standard InChI is InChI=1S/C24H27N7O3S/c1-29(35(2,32)33)22-19(4-3-10-25-22)17-31-11-9-18-16-26-24(28-23(18)31)27-20-5-7-21(8-6-20)30-12-14-34-15-13-30/h3-11,16H,12-15,17H2,1-2H3,(H,26,27,28). The molecule has 1 aliphatic rings. The topological polar surface area (TPSA) is 105 Å². The van der Waals surface area contributed by atoms with Gasteiger partial charge in [-0.25, -0.2) is 18.4 Å². The van der Waals surface area contributed by atoms with Crippen molar-refractivity contribution in [3.8, 4) is 0 Å². The first-order chi connectivity index (χ1) is 16.9. The lowest BCUT2D eigenvalue weighted by Crippen LogP contribution is -2.36. The first-order valence-electron chi connectivity index (χ1n) is 11.3. The Balaban J connectivity index is 1.37. The number of hydrogen-bond acceptors (Lipinski definition) is 8. The van der Waals surface area contributed by atoms with Crippen molar-refractivity contribution < 1.29 is 13.2 Å². The zero-order chi connectivity index (χ0) is 24.4. The number of rotatable bonds is 7. The molecule has 5 rings (SSSR count). The van der Waals surface area contributed by atoms with E-state index in [2.05, 4.69) is 32.3 Å². The number of nitrogens with zero attached hydrogens (tertiary/aromatic N) is 6. The molecule has 0 aliphatic carbocycles. The molecule has 182 valence electrons. The molecule has 1 aliphatic heterocycles. The lowest BCUT2D eigenvalue weighted by atomic mass is 10.2.